The standard InChI is InChI=1S/C24H21NO5/c26-23(25-19-12-13-21-22(14-19)30-16-29-21)15-28-24(27)20-9-5-4-8-18(20)11-10-17-6-2-1-3-7-17/h1-9,12-14H,10-11,15-16H2,(H,25,26). The van der Waals surface area contributed by atoms with Crippen molar-refractivity contribution in [2.75, 3.05) is 18.7 Å². The van der Waals surface area contributed by atoms with E-state index in [-0.39, 0.29) is 13.4 Å². The molecule has 1 amide bonds. The Bertz CT molecular complexity index is 1050. The minimum atomic E-state index is -0.514. The molecule has 0 aliphatic carbocycles. The van der Waals surface area contributed by atoms with Gasteiger partial charge in [0.15, 0.2) is 18.1 Å². The Morgan fingerprint density at radius 3 is 2.50 bits per heavy atom. The van der Waals surface area contributed by atoms with Crippen LogP contribution in [-0.4, -0.2) is 25.3 Å². The highest BCUT2D eigenvalue weighted by Gasteiger charge is 2.16. The maximum absolute atomic E-state index is 12.5. The van der Waals surface area contributed by atoms with Crippen molar-refractivity contribution in [3.05, 3.63) is 89.5 Å². The molecule has 0 unspecified atom stereocenters. The van der Waals surface area contributed by atoms with E-state index in [4.69, 9.17) is 14.2 Å². The number of ether oxygens (including phenoxy) is 3. The number of hydrogen-bond donors (Lipinski definition) is 1. The first-order valence-electron chi connectivity index (χ1n) is 9.67. The molecule has 3 aromatic carbocycles. The van der Waals surface area contributed by atoms with Crippen molar-refractivity contribution in [1.29, 1.82) is 0 Å². The van der Waals surface area contributed by atoms with Crippen molar-refractivity contribution in [1.82, 2.24) is 0 Å². The first-order valence-corrected chi connectivity index (χ1v) is 9.67. The number of benzene rings is 3. The van der Waals surface area contributed by atoms with Crippen LogP contribution in [0.3, 0.4) is 0 Å². The Hall–Kier alpha value is -3.80. The zero-order chi connectivity index (χ0) is 20.8. The van der Waals surface area contributed by atoms with E-state index in [1.54, 1.807) is 30.3 Å². The summed E-state index contributed by atoms with van der Waals surface area (Å²) in [6.45, 7) is -0.214. The number of rotatable bonds is 7. The van der Waals surface area contributed by atoms with Crippen molar-refractivity contribution in [2.45, 2.75) is 12.8 Å². The zero-order valence-corrected chi connectivity index (χ0v) is 16.3. The molecule has 0 bridgehead atoms. The van der Waals surface area contributed by atoms with Crippen LogP contribution < -0.4 is 14.8 Å². The molecule has 6 nitrogen and oxygen atoms in total. The molecule has 152 valence electrons. The van der Waals surface area contributed by atoms with E-state index in [0.29, 0.717) is 29.2 Å². The lowest BCUT2D eigenvalue weighted by Crippen LogP contribution is -2.21. The Morgan fingerprint density at radius 1 is 0.867 bits per heavy atom. The third-order valence-electron chi connectivity index (χ3n) is 4.75. The van der Waals surface area contributed by atoms with Crippen LogP contribution in [0.25, 0.3) is 0 Å². The van der Waals surface area contributed by atoms with E-state index >= 15 is 0 Å². The lowest BCUT2D eigenvalue weighted by Gasteiger charge is -2.10. The normalized spacial score (nSPS) is 11.7. The summed E-state index contributed by atoms with van der Waals surface area (Å²) < 4.78 is 15.8. The first kappa shape index (κ1) is 19.5. The Morgan fingerprint density at radius 2 is 1.63 bits per heavy atom. The van der Waals surface area contributed by atoms with Crippen LogP contribution in [0.4, 0.5) is 5.69 Å². The molecule has 0 saturated carbocycles. The van der Waals surface area contributed by atoms with E-state index in [1.807, 2.05) is 30.3 Å². The molecule has 0 radical (unpaired) electrons. The predicted molar refractivity (Wildman–Crippen MR) is 112 cm³/mol. The summed E-state index contributed by atoms with van der Waals surface area (Å²) in [5.41, 5.74) is 3.11. The van der Waals surface area contributed by atoms with Gasteiger partial charge in [0.25, 0.3) is 5.91 Å². The van der Waals surface area contributed by atoms with E-state index in [1.165, 1.54) is 5.56 Å². The van der Waals surface area contributed by atoms with E-state index in [9.17, 15) is 9.59 Å². The smallest absolute Gasteiger partial charge is 0.338 e. The van der Waals surface area contributed by atoms with Gasteiger partial charge in [-0.25, -0.2) is 4.79 Å². The average molecular weight is 403 g/mol. The topological polar surface area (TPSA) is 73.9 Å². The number of carbonyl (C=O) groups is 2. The minimum absolute atomic E-state index is 0.161. The molecule has 0 saturated heterocycles. The SMILES string of the molecule is O=C(COC(=O)c1ccccc1CCc1ccccc1)Nc1ccc2c(c1)OCO2. The van der Waals surface area contributed by atoms with Crippen molar-refractivity contribution in [3.63, 3.8) is 0 Å². The highest BCUT2D eigenvalue weighted by atomic mass is 16.7. The third kappa shape index (κ3) is 4.78. The van der Waals surface area contributed by atoms with Crippen LogP contribution in [0.15, 0.2) is 72.8 Å². The van der Waals surface area contributed by atoms with Gasteiger partial charge in [0, 0.05) is 11.8 Å². The maximum Gasteiger partial charge on any atom is 0.338 e. The molecule has 3 aromatic rings. The number of fused-ring (bicyclic) bond motifs is 1. The zero-order valence-electron chi connectivity index (χ0n) is 16.3. The molecule has 0 spiro atoms. The van der Waals surface area contributed by atoms with Gasteiger partial charge in [0.2, 0.25) is 6.79 Å². The third-order valence-corrected chi connectivity index (χ3v) is 4.75. The Balaban J connectivity index is 1.33. The molecule has 0 fully saturated rings. The largest absolute Gasteiger partial charge is 0.454 e. The quantitative estimate of drug-likeness (QED) is 0.604. The monoisotopic (exact) mass is 403 g/mol. The van der Waals surface area contributed by atoms with Crippen molar-refractivity contribution >= 4 is 17.6 Å². The van der Waals surface area contributed by atoms with Gasteiger partial charge in [-0.2, -0.15) is 0 Å². The van der Waals surface area contributed by atoms with E-state index in [0.717, 1.165) is 12.0 Å². The summed E-state index contributed by atoms with van der Waals surface area (Å²) in [7, 11) is 0. The Labute approximate surface area is 174 Å². The molecule has 4 rings (SSSR count). The fraction of sp³-hybridized carbons (Fsp3) is 0.167. The molecular formula is C24H21NO5. The maximum atomic E-state index is 12.5. The second-order valence-corrected chi connectivity index (χ2v) is 6.84. The summed E-state index contributed by atoms with van der Waals surface area (Å²) in [4.78, 5) is 24.7. The van der Waals surface area contributed by atoms with Gasteiger partial charge in [0.05, 0.1) is 5.56 Å². The number of amides is 1. The second-order valence-electron chi connectivity index (χ2n) is 6.84. The molecule has 1 aliphatic rings. The summed E-state index contributed by atoms with van der Waals surface area (Å²) in [6.07, 6.45) is 1.52. The van der Waals surface area contributed by atoms with Crippen molar-refractivity contribution < 1.29 is 23.8 Å². The molecular weight excluding hydrogens is 382 g/mol. The molecule has 0 aromatic heterocycles. The number of nitrogens with one attached hydrogen (secondary N) is 1. The highest BCUT2D eigenvalue weighted by Crippen LogP contribution is 2.34. The van der Waals surface area contributed by atoms with E-state index < -0.39 is 11.9 Å². The number of esters is 1. The van der Waals surface area contributed by atoms with Crippen molar-refractivity contribution in [2.24, 2.45) is 0 Å². The summed E-state index contributed by atoms with van der Waals surface area (Å²) in [5.74, 6) is 0.257. The van der Waals surface area contributed by atoms with Crippen LogP contribution in [0, 0.1) is 0 Å². The minimum Gasteiger partial charge on any atom is -0.454 e. The van der Waals surface area contributed by atoms with Crippen LogP contribution in [0.5, 0.6) is 11.5 Å². The number of anilines is 1. The highest BCUT2D eigenvalue weighted by molar-refractivity contribution is 5.96. The molecule has 6 heteroatoms. The van der Waals surface area contributed by atoms with Crippen LogP contribution in [0.1, 0.15) is 21.5 Å². The van der Waals surface area contributed by atoms with Gasteiger partial charge >= 0.3 is 5.97 Å². The van der Waals surface area contributed by atoms with Gasteiger partial charge in [-0.05, 0) is 42.2 Å². The first-order chi connectivity index (χ1) is 14.7. The number of aryl methyl sites for hydroxylation is 2. The van der Waals surface area contributed by atoms with Gasteiger partial charge < -0.3 is 19.5 Å². The van der Waals surface area contributed by atoms with Gasteiger partial charge in [0.1, 0.15) is 0 Å². The molecule has 1 aliphatic heterocycles. The second kappa shape index (κ2) is 9.13. The molecule has 30 heavy (non-hydrogen) atoms. The van der Waals surface area contributed by atoms with Crippen LogP contribution >= 0.6 is 0 Å². The van der Waals surface area contributed by atoms with Gasteiger partial charge in [-0.15, -0.1) is 0 Å². The lowest BCUT2D eigenvalue weighted by atomic mass is 10.00. The Kier molecular flexibility index (Phi) is 5.94. The van der Waals surface area contributed by atoms with Crippen LogP contribution in [0.2, 0.25) is 0 Å². The molecule has 1 N–H and O–H groups in total. The van der Waals surface area contributed by atoms with E-state index in [2.05, 4.69) is 17.4 Å². The van der Waals surface area contributed by atoms with Crippen LogP contribution in [-0.2, 0) is 22.4 Å². The predicted octanol–water partition coefficient (Wildman–Crippen LogP) is 4.00. The van der Waals surface area contributed by atoms with Gasteiger partial charge in [-0.3, -0.25) is 4.79 Å². The summed E-state index contributed by atoms with van der Waals surface area (Å²) >= 11 is 0. The molecule has 0 atom stereocenters. The molecule has 1 heterocycles. The van der Waals surface area contributed by atoms with Crippen molar-refractivity contribution in [3.8, 4) is 11.5 Å². The number of carbonyl (C=O) groups excluding carboxylic acids is 2. The fourth-order valence-electron chi connectivity index (χ4n) is 3.24. The average Bonchev–Trinajstić information content (AvgIpc) is 3.25. The lowest BCUT2D eigenvalue weighted by molar-refractivity contribution is -0.119. The fourth-order valence-corrected chi connectivity index (χ4v) is 3.24. The number of hydrogen-bond acceptors (Lipinski definition) is 5. The van der Waals surface area contributed by atoms with Gasteiger partial charge in [-0.1, -0.05) is 48.5 Å². The summed E-state index contributed by atoms with van der Waals surface area (Å²) in [6, 6.07) is 22.5. The summed E-state index contributed by atoms with van der Waals surface area (Å²) in [5, 5.41) is 2.69.